The van der Waals surface area contributed by atoms with Gasteiger partial charge in [-0.3, -0.25) is 9.59 Å². The summed E-state index contributed by atoms with van der Waals surface area (Å²) in [6.45, 7) is 6.55. The van der Waals surface area contributed by atoms with Gasteiger partial charge in [-0.25, -0.2) is 8.42 Å². The summed E-state index contributed by atoms with van der Waals surface area (Å²) >= 11 is 0. The predicted molar refractivity (Wildman–Crippen MR) is 102 cm³/mol. The highest BCUT2D eigenvalue weighted by molar-refractivity contribution is 7.91. The van der Waals surface area contributed by atoms with Crippen LogP contribution in [-0.2, 0) is 14.6 Å². The number of carbonyl (C=O) groups is 2. The summed E-state index contributed by atoms with van der Waals surface area (Å²) in [5.74, 6) is -0.618. The predicted octanol–water partition coefficient (Wildman–Crippen LogP) is 2.70. The molecule has 2 aliphatic rings. The first kappa shape index (κ1) is 18.8. The zero-order chi connectivity index (χ0) is 20.3. The second-order valence-corrected chi connectivity index (χ2v) is 9.80. The Bertz CT molecular complexity index is 1100. The lowest BCUT2D eigenvalue weighted by Crippen LogP contribution is -2.53. The highest BCUT2D eigenvalue weighted by Crippen LogP contribution is 2.35. The molecule has 2 aliphatic heterocycles. The van der Waals surface area contributed by atoms with Crippen molar-refractivity contribution in [1.82, 2.24) is 4.90 Å². The third kappa shape index (κ3) is 2.95. The van der Waals surface area contributed by atoms with Gasteiger partial charge in [-0.05, 0) is 51.1 Å². The minimum Gasteiger partial charge on any atom is -0.369 e. The van der Waals surface area contributed by atoms with Crippen molar-refractivity contribution in [1.29, 1.82) is 0 Å². The molecular weight excluding hydrogens is 378 g/mol. The fraction of sp³-hybridized carbons (Fsp3) is 0.333. The lowest BCUT2D eigenvalue weighted by Gasteiger charge is -2.41. The number of hydrogen-bond acceptors (Lipinski definition) is 5. The molecule has 0 spiro atoms. The molecule has 1 amide bonds. The lowest BCUT2D eigenvalue weighted by atomic mass is 10.00. The van der Waals surface area contributed by atoms with E-state index in [0.29, 0.717) is 13.1 Å². The van der Waals surface area contributed by atoms with Gasteiger partial charge in [0.15, 0.2) is 5.78 Å². The second-order valence-electron chi connectivity index (χ2n) is 7.91. The Hall–Kier alpha value is -2.51. The minimum absolute atomic E-state index is 0.0155. The molecule has 0 aromatic heterocycles. The number of ketones is 1. The largest absolute Gasteiger partial charge is 0.369 e. The highest BCUT2D eigenvalue weighted by atomic mass is 32.2. The normalized spacial score (nSPS) is 22.3. The van der Waals surface area contributed by atoms with Crippen LogP contribution < -0.4 is 0 Å². The van der Waals surface area contributed by atoms with Crippen LogP contribution in [0, 0.1) is 0 Å². The van der Waals surface area contributed by atoms with E-state index in [1.54, 1.807) is 17.0 Å². The molecular formula is C21H21NO5S. The average molecular weight is 399 g/mol. The smallest absolute Gasteiger partial charge is 0.254 e. The van der Waals surface area contributed by atoms with Crippen molar-refractivity contribution in [2.45, 2.75) is 42.3 Å². The maximum absolute atomic E-state index is 13.1. The summed E-state index contributed by atoms with van der Waals surface area (Å²) in [4.78, 5) is 27.3. The standard InChI is InChI=1S/C21H21NO5S/c1-13-11-22(12-21(2,3)27-13)20(24)14-8-9-16-18(10-14)28(25,26)17-7-5-4-6-15(17)19(16)23/h4-10,13H,11-12H2,1-3H3/t13-/m0/s1. The number of morpholine rings is 1. The first-order valence-electron chi connectivity index (χ1n) is 9.10. The summed E-state index contributed by atoms with van der Waals surface area (Å²) in [5.41, 5.74) is 0.0332. The number of amides is 1. The van der Waals surface area contributed by atoms with E-state index in [9.17, 15) is 18.0 Å². The second kappa shape index (κ2) is 6.25. The van der Waals surface area contributed by atoms with Gasteiger partial charge in [-0.2, -0.15) is 0 Å². The Labute approximate surface area is 164 Å². The van der Waals surface area contributed by atoms with E-state index in [4.69, 9.17) is 4.74 Å². The molecule has 0 unspecified atom stereocenters. The van der Waals surface area contributed by atoms with Crippen molar-refractivity contribution >= 4 is 21.5 Å². The van der Waals surface area contributed by atoms with E-state index in [1.165, 1.54) is 30.3 Å². The fourth-order valence-corrected chi connectivity index (χ4v) is 5.69. The number of ether oxygens (including phenoxy) is 1. The Balaban J connectivity index is 1.76. The SMILES string of the molecule is C[C@H]1CN(C(=O)c2ccc3c(c2)S(=O)(=O)c2ccccc2C3=O)CC(C)(C)O1. The average Bonchev–Trinajstić information content (AvgIpc) is 2.64. The number of nitrogens with zero attached hydrogens (tertiary/aromatic N) is 1. The molecule has 7 heteroatoms. The first-order chi connectivity index (χ1) is 13.1. The van der Waals surface area contributed by atoms with Gasteiger partial charge in [0.1, 0.15) is 0 Å². The maximum Gasteiger partial charge on any atom is 0.254 e. The quantitative estimate of drug-likeness (QED) is 0.629. The number of rotatable bonds is 1. The van der Waals surface area contributed by atoms with E-state index < -0.39 is 15.4 Å². The monoisotopic (exact) mass is 399 g/mol. The van der Waals surface area contributed by atoms with E-state index in [-0.39, 0.29) is 44.3 Å². The van der Waals surface area contributed by atoms with Crippen molar-refractivity contribution in [2.75, 3.05) is 13.1 Å². The molecule has 28 heavy (non-hydrogen) atoms. The Morgan fingerprint density at radius 3 is 2.50 bits per heavy atom. The minimum atomic E-state index is -3.87. The summed E-state index contributed by atoms with van der Waals surface area (Å²) in [6, 6.07) is 10.4. The molecule has 2 aromatic carbocycles. The third-order valence-electron chi connectivity index (χ3n) is 5.04. The first-order valence-corrected chi connectivity index (χ1v) is 10.6. The van der Waals surface area contributed by atoms with Crippen LogP contribution in [0.4, 0.5) is 0 Å². The third-order valence-corrected chi connectivity index (χ3v) is 6.89. The molecule has 1 fully saturated rings. The zero-order valence-corrected chi connectivity index (χ0v) is 16.7. The van der Waals surface area contributed by atoms with Crippen molar-refractivity contribution < 1.29 is 22.7 Å². The van der Waals surface area contributed by atoms with Gasteiger partial charge in [0.05, 0.1) is 21.5 Å². The molecule has 4 rings (SSSR count). The van der Waals surface area contributed by atoms with Crippen LogP contribution in [0.1, 0.15) is 47.1 Å². The molecule has 0 radical (unpaired) electrons. The van der Waals surface area contributed by atoms with Crippen LogP contribution in [0.15, 0.2) is 52.3 Å². The van der Waals surface area contributed by atoms with Gasteiger partial charge < -0.3 is 9.64 Å². The number of sulfone groups is 1. The molecule has 1 saturated heterocycles. The summed E-state index contributed by atoms with van der Waals surface area (Å²) in [5, 5.41) is 0. The van der Waals surface area contributed by atoms with Gasteiger partial charge in [-0.15, -0.1) is 0 Å². The Morgan fingerprint density at radius 1 is 1.11 bits per heavy atom. The summed E-state index contributed by atoms with van der Waals surface area (Å²) < 4.78 is 31.9. The van der Waals surface area contributed by atoms with Crippen molar-refractivity contribution in [3.05, 3.63) is 59.2 Å². The molecule has 1 atom stereocenters. The Morgan fingerprint density at radius 2 is 1.79 bits per heavy atom. The summed E-state index contributed by atoms with van der Waals surface area (Å²) in [6.07, 6.45) is -0.123. The molecule has 0 bridgehead atoms. The van der Waals surface area contributed by atoms with Gasteiger partial charge in [-0.1, -0.05) is 12.1 Å². The fourth-order valence-electron chi connectivity index (χ4n) is 4.01. The number of carbonyl (C=O) groups excluding carboxylic acids is 2. The van der Waals surface area contributed by atoms with Crippen LogP contribution in [-0.4, -0.2) is 49.8 Å². The topological polar surface area (TPSA) is 80.8 Å². The molecule has 2 aromatic rings. The van der Waals surface area contributed by atoms with Crippen LogP contribution in [0.5, 0.6) is 0 Å². The van der Waals surface area contributed by atoms with Gasteiger partial charge in [0, 0.05) is 29.8 Å². The highest BCUT2D eigenvalue weighted by Gasteiger charge is 2.37. The van der Waals surface area contributed by atoms with Crippen LogP contribution >= 0.6 is 0 Å². The van der Waals surface area contributed by atoms with E-state index in [1.807, 2.05) is 20.8 Å². The van der Waals surface area contributed by atoms with Crippen LogP contribution in [0.2, 0.25) is 0 Å². The van der Waals surface area contributed by atoms with Gasteiger partial charge in [0.25, 0.3) is 5.91 Å². The molecule has 0 saturated carbocycles. The van der Waals surface area contributed by atoms with Gasteiger partial charge in [0.2, 0.25) is 9.84 Å². The van der Waals surface area contributed by atoms with Crippen LogP contribution in [0.25, 0.3) is 0 Å². The maximum atomic E-state index is 13.1. The van der Waals surface area contributed by atoms with Gasteiger partial charge >= 0.3 is 0 Å². The molecule has 146 valence electrons. The summed E-state index contributed by atoms with van der Waals surface area (Å²) in [7, 11) is -3.87. The molecule has 6 nitrogen and oxygen atoms in total. The van der Waals surface area contributed by atoms with Crippen molar-refractivity contribution in [2.24, 2.45) is 0 Å². The number of fused-ring (bicyclic) bond motifs is 2. The van der Waals surface area contributed by atoms with E-state index in [0.717, 1.165) is 0 Å². The lowest BCUT2D eigenvalue weighted by molar-refractivity contribution is -0.118. The van der Waals surface area contributed by atoms with E-state index >= 15 is 0 Å². The zero-order valence-electron chi connectivity index (χ0n) is 15.9. The van der Waals surface area contributed by atoms with Crippen molar-refractivity contribution in [3.63, 3.8) is 0 Å². The number of benzene rings is 2. The molecule has 0 N–H and O–H groups in total. The molecule has 2 heterocycles. The van der Waals surface area contributed by atoms with Crippen molar-refractivity contribution in [3.8, 4) is 0 Å². The number of hydrogen-bond donors (Lipinski definition) is 0. The van der Waals surface area contributed by atoms with E-state index in [2.05, 4.69) is 0 Å². The Kier molecular flexibility index (Phi) is 4.21. The molecule has 0 aliphatic carbocycles. The van der Waals surface area contributed by atoms with Crippen LogP contribution in [0.3, 0.4) is 0 Å².